The van der Waals surface area contributed by atoms with Gasteiger partial charge in [-0.05, 0) is 50.6 Å². The van der Waals surface area contributed by atoms with Crippen molar-refractivity contribution >= 4 is 17.5 Å². The van der Waals surface area contributed by atoms with Gasteiger partial charge in [-0.25, -0.2) is 0 Å². The normalized spacial score (nSPS) is 14.3. The van der Waals surface area contributed by atoms with Crippen LogP contribution in [-0.4, -0.2) is 43.4 Å². The van der Waals surface area contributed by atoms with E-state index in [4.69, 9.17) is 0 Å². The SMILES string of the molecule is CNCCC(=O)Nc1ccc(C(=O)N2CCCC2)cc1C. The Morgan fingerprint density at radius 2 is 1.95 bits per heavy atom. The van der Waals surface area contributed by atoms with Crippen LogP contribution in [-0.2, 0) is 4.79 Å². The van der Waals surface area contributed by atoms with Gasteiger partial charge in [0, 0.05) is 37.3 Å². The first-order valence-corrected chi connectivity index (χ1v) is 7.46. The Morgan fingerprint density at radius 1 is 1.24 bits per heavy atom. The summed E-state index contributed by atoms with van der Waals surface area (Å²) in [6, 6.07) is 5.46. The minimum Gasteiger partial charge on any atom is -0.339 e. The van der Waals surface area contributed by atoms with Crippen molar-refractivity contribution in [3.63, 3.8) is 0 Å². The molecule has 114 valence electrons. The predicted molar refractivity (Wildman–Crippen MR) is 83.5 cm³/mol. The molecule has 1 aromatic rings. The average Bonchev–Trinajstić information content (AvgIpc) is 3.00. The maximum absolute atomic E-state index is 12.3. The summed E-state index contributed by atoms with van der Waals surface area (Å²) in [5.41, 5.74) is 2.38. The van der Waals surface area contributed by atoms with Crippen molar-refractivity contribution in [1.82, 2.24) is 10.2 Å². The number of carbonyl (C=O) groups excluding carboxylic acids is 2. The van der Waals surface area contributed by atoms with Crippen LogP contribution in [0.15, 0.2) is 18.2 Å². The molecule has 0 aromatic heterocycles. The minimum atomic E-state index is -0.0222. The van der Waals surface area contributed by atoms with Crippen molar-refractivity contribution in [1.29, 1.82) is 0 Å². The molecule has 5 heteroatoms. The van der Waals surface area contributed by atoms with Crippen LogP contribution in [0.5, 0.6) is 0 Å². The number of nitrogens with one attached hydrogen (secondary N) is 2. The summed E-state index contributed by atoms with van der Waals surface area (Å²) in [6.07, 6.45) is 2.61. The summed E-state index contributed by atoms with van der Waals surface area (Å²) in [5.74, 6) is 0.0646. The first kappa shape index (κ1) is 15.5. The molecule has 1 aliphatic heterocycles. The topological polar surface area (TPSA) is 61.4 Å². The van der Waals surface area contributed by atoms with Crippen LogP contribution in [0.2, 0.25) is 0 Å². The third kappa shape index (κ3) is 4.04. The molecular weight excluding hydrogens is 266 g/mol. The molecule has 0 bridgehead atoms. The summed E-state index contributed by atoms with van der Waals surface area (Å²) >= 11 is 0. The smallest absolute Gasteiger partial charge is 0.253 e. The maximum Gasteiger partial charge on any atom is 0.253 e. The second kappa shape index (κ2) is 7.22. The van der Waals surface area contributed by atoms with Crippen LogP contribution in [0.1, 0.15) is 35.2 Å². The highest BCUT2D eigenvalue weighted by Crippen LogP contribution is 2.19. The third-order valence-electron chi connectivity index (χ3n) is 3.74. The summed E-state index contributed by atoms with van der Waals surface area (Å²) in [7, 11) is 1.82. The fourth-order valence-electron chi connectivity index (χ4n) is 2.49. The first-order chi connectivity index (χ1) is 10.1. The number of hydrogen-bond donors (Lipinski definition) is 2. The molecule has 0 spiro atoms. The molecule has 1 aliphatic rings. The summed E-state index contributed by atoms with van der Waals surface area (Å²) < 4.78 is 0. The van der Waals surface area contributed by atoms with Crippen LogP contribution in [0.4, 0.5) is 5.69 Å². The molecule has 21 heavy (non-hydrogen) atoms. The van der Waals surface area contributed by atoms with Gasteiger partial charge >= 0.3 is 0 Å². The lowest BCUT2D eigenvalue weighted by molar-refractivity contribution is -0.116. The average molecular weight is 289 g/mol. The molecule has 0 aliphatic carbocycles. The molecule has 0 unspecified atom stereocenters. The fraction of sp³-hybridized carbons (Fsp3) is 0.500. The molecule has 1 aromatic carbocycles. The van der Waals surface area contributed by atoms with Crippen molar-refractivity contribution in [3.05, 3.63) is 29.3 Å². The van der Waals surface area contributed by atoms with E-state index < -0.39 is 0 Å². The van der Waals surface area contributed by atoms with Gasteiger partial charge in [0.15, 0.2) is 0 Å². The maximum atomic E-state index is 12.3. The van der Waals surface area contributed by atoms with E-state index in [1.54, 1.807) is 6.07 Å². The van der Waals surface area contributed by atoms with Crippen molar-refractivity contribution < 1.29 is 9.59 Å². The van der Waals surface area contributed by atoms with E-state index in [0.717, 1.165) is 37.2 Å². The standard InChI is InChI=1S/C16H23N3O2/c1-12-11-13(16(21)19-9-3-4-10-19)5-6-14(12)18-15(20)7-8-17-2/h5-6,11,17H,3-4,7-10H2,1-2H3,(H,18,20). The predicted octanol–water partition coefficient (Wildman–Crippen LogP) is 1.78. The molecule has 1 saturated heterocycles. The quantitative estimate of drug-likeness (QED) is 0.868. The molecule has 1 heterocycles. The zero-order valence-corrected chi connectivity index (χ0v) is 12.7. The fourth-order valence-corrected chi connectivity index (χ4v) is 2.49. The van der Waals surface area contributed by atoms with Gasteiger partial charge in [0.05, 0.1) is 0 Å². The van der Waals surface area contributed by atoms with Crippen LogP contribution in [0, 0.1) is 6.92 Å². The zero-order chi connectivity index (χ0) is 15.2. The molecule has 2 N–H and O–H groups in total. The summed E-state index contributed by atoms with van der Waals surface area (Å²) in [6.45, 7) is 4.26. The Bertz CT molecular complexity index is 522. The zero-order valence-electron chi connectivity index (χ0n) is 12.7. The number of carbonyl (C=O) groups is 2. The highest BCUT2D eigenvalue weighted by atomic mass is 16.2. The lowest BCUT2D eigenvalue weighted by Crippen LogP contribution is -2.27. The monoisotopic (exact) mass is 289 g/mol. The van der Waals surface area contributed by atoms with E-state index in [2.05, 4.69) is 10.6 Å². The Labute approximate surface area is 125 Å². The Morgan fingerprint density at radius 3 is 2.57 bits per heavy atom. The third-order valence-corrected chi connectivity index (χ3v) is 3.74. The largest absolute Gasteiger partial charge is 0.339 e. The first-order valence-electron chi connectivity index (χ1n) is 7.46. The summed E-state index contributed by atoms with van der Waals surface area (Å²) in [5, 5.41) is 5.82. The van der Waals surface area contributed by atoms with Crippen molar-refractivity contribution in [2.24, 2.45) is 0 Å². The number of rotatable bonds is 5. The van der Waals surface area contributed by atoms with Crippen molar-refractivity contribution in [2.75, 3.05) is 32.0 Å². The van der Waals surface area contributed by atoms with Gasteiger partial charge in [-0.1, -0.05) is 0 Å². The number of hydrogen-bond acceptors (Lipinski definition) is 3. The van der Waals surface area contributed by atoms with Gasteiger partial charge in [-0.2, -0.15) is 0 Å². The second-order valence-electron chi connectivity index (χ2n) is 5.43. The number of benzene rings is 1. The van der Waals surface area contributed by atoms with Gasteiger partial charge in [0.25, 0.3) is 5.91 Å². The van der Waals surface area contributed by atoms with E-state index >= 15 is 0 Å². The van der Waals surface area contributed by atoms with E-state index in [-0.39, 0.29) is 11.8 Å². The van der Waals surface area contributed by atoms with Crippen LogP contribution in [0.3, 0.4) is 0 Å². The molecule has 2 rings (SSSR count). The molecule has 0 atom stereocenters. The van der Waals surface area contributed by atoms with E-state index in [0.29, 0.717) is 18.5 Å². The number of anilines is 1. The summed E-state index contributed by atoms with van der Waals surface area (Å²) in [4.78, 5) is 25.9. The highest BCUT2D eigenvalue weighted by molar-refractivity contribution is 5.96. The highest BCUT2D eigenvalue weighted by Gasteiger charge is 2.19. The molecule has 0 saturated carbocycles. The van der Waals surface area contributed by atoms with Gasteiger partial charge in [0.2, 0.25) is 5.91 Å². The molecule has 0 radical (unpaired) electrons. The van der Waals surface area contributed by atoms with Gasteiger partial charge in [-0.3, -0.25) is 9.59 Å². The lowest BCUT2D eigenvalue weighted by Gasteiger charge is -2.16. The van der Waals surface area contributed by atoms with Gasteiger partial charge < -0.3 is 15.5 Å². The number of aryl methyl sites for hydroxylation is 1. The van der Waals surface area contributed by atoms with E-state index in [1.165, 1.54) is 0 Å². The number of likely N-dealkylation sites (tertiary alicyclic amines) is 1. The molecule has 1 fully saturated rings. The van der Waals surface area contributed by atoms with E-state index in [1.807, 2.05) is 31.0 Å². The number of nitrogens with zero attached hydrogens (tertiary/aromatic N) is 1. The van der Waals surface area contributed by atoms with Crippen LogP contribution >= 0.6 is 0 Å². The van der Waals surface area contributed by atoms with Crippen molar-refractivity contribution in [2.45, 2.75) is 26.2 Å². The molecular formula is C16H23N3O2. The molecule has 5 nitrogen and oxygen atoms in total. The minimum absolute atomic E-state index is 0.0222. The lowest BCUT2D eigenvalue weighted by atomic mass is 10.1. The Kier molecular flexibility index (Phi) is 5.33. The second-order valence-corrected chi connectivity index (χ2v) is 5.43. The van der Waals surface area contributed by atoms with Crippen LogP contribution in [0.25, 0.3) is 0 Å². The van der Waals surface area contributed by atoms with Gasteiger partial charge in [0.1, 0.15) is 0 Å². The van der Waals surface area contributed by atoms with Crippen molar-refractivity contribution in [3.8, 4) is 0 Å². The molecule has 2 amide bonds. The van der Waals surface area contributed by atoms with E-state index in [9.17, 15) is 9.59 Å². The Hall–Kier alpha value is -1.88. The Balaban J connectivity index is 2.03. The number of amides is 2. The van der Waals surface area contributed by atoms with Gasteiger partial charge in [-0.15, -0.1) is 0 Å². The van der Waals surface area contributed by atoms with Crippen LogP contribution < -0.4 is 10.6 Å².